The van der Waals surface area contributed by atoms with E-state index in [1.54, 1.807) is 0 Å². The quantitative estimate of drug-likeness (QED) is 0.855. The monoisotopic (exact) mass is 261 g/mol. The summed E-state index contributed by atoms with van der Waals surface area (Å²) in [5.41, 5.74) is 2.12. The van der Waals surface area contributed by atoms with Crippen LogP contribution in [-0.2, 0) is 0 Å². The number of aromatic hydroxyl groups is 1. The molecule has 1 fully saturated rings. The van der Waals surface area contributed by atoms with Gasteiger partial charge in [-0.3, -0.25) is 0 Å². The minimum absolute atomic E-state index is 0.214. The maximum atomic E-state index is 10.0. The smallest absolute Gasteiger partial charge is 0.120 e. The molecule has 0 aliphatic heterocycles. The average molecular weight is 261 g/mol. The van der Waals surface area contributed by atoms with Crippen LogP contribution in [0.3, 0.4) is 0 Å². The number of benzene rings is 1. The summed E-state index contributed by atoms with van der Waals surface area (Å²) in [6.07, 6.45) is 3.81. The summed E-state index contributed by atoms with van der Waals surface area (Å²) in [5.74, 6) is 2.06. The van der Waals surface area contributed by atoms with Crippen molar-refractivity contribution in [1.29, 1.82) is 0 Å². The lowest BCUT2D eigenvalue weighted by Crippen LogP contribution is -2.37. The van der Waals surface area contributed by atoms with Gasteiger partial charge in [-0.25, -0.2) is 0 Å². The molecule has 4 atom stereocenters. The van der Waals surface area contributed by atoms with E-state index in [2.05, 4.69) is 32.2 Å². The van der Waals surface area contributed by atoms with Gasteiger partial charge in [-0.2, -0.15) is 0 Å². The zero-order chi connectivity index (χ0) is 14.0. The third-order valence-corrected chi connectivity index (χ3v) is 4.74. The number of hydrogen-bond acceptors (Lipinski definition) is 2. The van der Waals surface area contributed by atoms with Crippen molar-refractivity contribution in [2.24, 2.45) is 11.8 Å². The van der Waals surface area contributed by atoms with Crippen LogP contribution in [0.5, 0.6) is 5.75 Å². The van der Waals surface area contributed by atoms with E-state index in [1.807, 2.05) is 19.1 Å². The van der Waals surface area contributed by atoms with Crippen LogP contribution in [-0.4, -0.2) is 11.1 Å². The fourth-order valence-corrected chi connectivity index (χ4v) is 3.16. The van der Waals surface area contributed by atoms with Crippen LogP contribution in [0, 0.1) is 18.8 Å². The SMILES string of the molecule is Cc1ccc(C(C)NC2CCC(C)C(C)C2)c(O)c1. The second-order valence-corrected chi connectivity index (χ2v) is 6.42. The predicted octanol–water partition coefficient (Wildman–Crippen LogP) is 4.18. The number of rotatable bonds is 3. The van der Waals surface area contributed by atoms with Crippen LogP contribution in [0.4, 0.5) is 0 Å². The molecule has 19 heavy (non-hydrogen) atoms. The van der Waals surface area contributed by atoms with Crippen molar-refractivity contribution in [3.8, 4) is 5.75 Å². The van der Waals surface area contributed by atoms with E-state index in [-0.39, 0.29) is 6.04 Å². The predicted molar refractivity (Wildman–Crippen MR) is 80.4 cm³/mol. The number of aryl methyl sites for hydroxylation is 1. The molecule has 0 aromatic heterocycles. The Hall–Kier alpha value is -1.02. The van der Waals surface area contributed by atoms with Gasteiger partial charge in [0.05, 0.1) is 0 Å². The Bertz CT molecular complexity index is 429. The maximum absolute atomic E-state index is 10.0. The Morgan fingerprint density at radius 1 is 1.21 bits per heavy atom. The van der Waals surface area contributed by atoms with Gasteiger partial charge in [0.15, 0.2) is 0 Å². The minimum atomic E-state index is 0.214. The Morgan fingerprint density at radius 2 is 1.95 bits per heavy atom. The lowest BCUT2D eigenvalue weighted by molar-refractivity contribution is 0.217. The highest BCUT2D eigenvalue weighted by atomic mass is 16.3. The fraction of sp³-hybridized carbons (Fsp3) is 0.647. The first kappa shape index (κ1) is 14.4. The molecule has 1 aliphatic carbocycles. The largest absolute Gasteiger partial charge is 0.508 e. The fourth-order valence-electron chi connectivity index (χ4n) is 3.16. The van der Waals surface area contributed by atoms with E-state index in [1.165, 1.54) is 19.3 Å². The highest BCUT2D eigenvalue weighted by Gasteiger charge is 2.25. The van der Waals surface area contributed by atoms with Crippen LogP contribution >= 0.6 is 0 Å². The molecule has 1 saturated carbocycles. The summed E-state index contributed by atoms with van der Waals surface area (Å²) in [4.78, 5) is 0. The van der Waals surface area contributed by atoms with Crippen LogP contribution < -0.4 is 5.32 Å². The molecular formula is C17H27NO. The summed E-state index contributed by atoms with van der Waals surface area (Å²) < 4.78 is 0. The topological polar surface area (TPSA) is 32.3 Å². The highest BCUT2D eigenvalue weighted by Crippen LogP contribution is 2.32. The standard InChI is InChI=1S/C17H27NO/c1-11-5-8-16(17(19)9-11)14(4)18-15-7-6-12(2)13(3)10-15/h5,8-9,12-15,18-19H,6-7,10H2,1-4H3. The molecule has 2 N–H and O–H groups in total. The van der Waals surface area contributed by atoms with Gasteiger partial charge in [-0.15, -0.1) is 0 Å². The summed E-state index contributed by atoms with van der Waals surface area (Å²) in [7, 11) is 0. The lowest BCUT2D eigenvalue weighted by atomic mass is 9.79. The second-order valence-electron chi connectivity index (χ2n) is 6.42. The van der Waals surface area contributed by atoms with Crippen LogP contribution in [0.1, 0.15) is 57.2 Å². The van der Waals surface area contributed by atoms with E-state index < -0.39 is 0 Å². The molecule has 2 nitrogen and oxygen atoms in total. The van der Waals surface area contributed by atoms with Gasteiger partial charge in [-0.1, -0.05) is 26.0 Å². The van der Waals surface area contributed by atoms with Crippen molar-refractivity contribution in [2.75, 3.05) is 0 Å². The third-order valence-electron chi connectivity index (χ3n) is 4.74. The third kappa shape index (κ3) is 3.50. The number of phenols is 1. The normalized spacial score (nSPS) is 29.2. The van der Waals surface area contributed by atoms with Gasteiger partial charge in [0.25, 0.3) is 0 Å². The zero-order valence-corrected chi connectivity index (χ0v) is 12.6. The highest BCUT2D eigenvalue weighted by molar-refractivity contribution is 5.37. The Labute approximate surface area is 117 Å². The van der Waals surface area contributed by atoms with Gasteiger partial charge in [0.1, 0.15) is 5.75 Å². The first-order chi connectivity index (χ1) is 8.97. The summed E-state index contributed by atoms with van der Waals surface area (Å²) in [5, 5.41) is 13.7. The lowest BCUT2D eigenvalue weighted by Gasteiger charge is -2.34. The molecule has 1 aromatic carbocycles. The van der Waals surface area contributed by atoms with Crippen LogP contribution in [0.15, 0.2) is 18.2 Å². The molecule has 2 rings (SSSR count). The second kappa shape index (κ2) is 5.96. The molecule has 0 saturated heterocycles. The summed E-state index contributed by atoms with van der Waals surface area (Å²) >= 11 is 0. The molecule has 0 heterocycles. The van der Waals surface area contributed by atoms with Gasteiger partial charge in [-0.05, 0) is 56.6 Å². The van der Waals surface area contributed by atoms with Crippen molar-refractivity contribution < 1.29 is 5.11 Å². The number of phenolic OH excluding ortho intramolecular Hbond substituents is 1. The molecule has 0 amide bonds. The minimum Gasteiger partial charge on any atom is -0.508 e. The van der Waals surface area contributed by atoms with Crippen molar-refractivity contribution in [1.82, 2.24) is 5.32 Å². The van der Waals surface area contributed by atoms with E-state index in [0.717, 1.165) is 23.0 Å². The van der Waals surface area contributed by atoms with Gasteiger partial charge in [0, 0.05) is 17.6 Å². The van der Waals surface area contributed by atoms with Crippen molar-refractivity contribution >= 4 is 0 Å². The number of hydrogen-bond donors (Lipinski definition) is 2. The van der Waals surface area contributed by atoms with Gasteiger partial charge in [0.2, 0.25) is 0 Å². The number of nitrogens with one attached hydrogen (secondary N) is 1. The van der Waals surface area contributed by atoms with Crippen molar-refractivity contribution in [3.63, 3.8) is 0 Å². The molecule has 0 bridgehead atoms. The van der Waals surface area contributed by atoms with E-state index >= 15 is 0 Å². The Balaban J connectivity index is 1.99. The molecule has 106 valence electrons. The summed E-state index contributed by atoms with van der Waals surface area (Å²) in [6, 6.07) is 6.75. The molecule has 2 heteroatoms. The Kier molecular flexibility index (Phi) is 4.51. The molecule has 4 unspecified atom stereocenters. The van der Waals surface area contributed by atoms with Gasteiger partial charge < -0.3 is 10.4 Å². The Morgan fingerprint density at radius 3 is 2.58 bits per heavy atom. The van der Waals surface area contributed by atoms with Gasteiger partial charge >= 0.3 is 0 Å². The average Bonchev–Trinajstić information content (AvgIpc) is 2.33. The molecule has 1 aromatic rings. The molecule has 0 spiro atoms. The van der Waals surface area contributed by atoms with E-state index in [4.69, 9.17) is 0 Å². The molecule has 1 aliphatic rings. The zero-order valence-electron chi connectivity index (χ0n) is 12.6. The van der Waals surface area contributed by atoms with E-state index in [0.29, 0.717) is 11.8 Å². The van der Waals surface area contributed by atoms with Crippen LogP contribution in [0.25, 0.3) is 0 Å². The van der Waals surface area contributed by atoms with Crippen LogP contribution in [0.2, 0.25) is 0 Å². The summed E-state index contributed by atoms with van der Waals surface area (Å²) in [6.45, 7) is 8.86. The molecule has 0 radical (unpaired) electrons. The van der Waals surface area contributed by atoms with E-state index in [9.17, 15) is 5.11 Å². The maximum Gasteiger partial charge on any atom is 0.120 e. The first-order valence-electron chi connectivity index (χ1n) is 7.53. The first-order valence-corrected chi connectivity index (χ1v) is 7.53. The molecular weight excluding hydrogens is 234 g/mol. The van der Waals surface area contributed by atoms with Crippen molar-refractivity contribution in [2.45, 2.75) is 59.0 Å². The van der Waals surface area contributed by atoms with Crippen molar-refractivity contribution in [3.05, 3.63) is 29.3 Å².